The topological polar surface area (TPSA) is 80.3 Å². The minimum Gasteiger partial charge on any atom is -0.229 e. The predicted molar refractivity (Wildman–Crippen MR) is 82.9 cm³/mol. The first-order valence-corrected chi connectivity index (χ1v) is 10.4. The van der Waals surface area contributed by atoms with Crippen LogP contribution in [0, 0.1) is 0 Å². The third-order valence-electron chi connectivity index (χ3n) is 3.58. The molecule has 1 aromatic rings. The van der Waals surface area contributed by atoms with E-state index in [0.717, 1.165) is 5.56 Å². The van der Waals surface area contributed by atoms with Gasteiger partial charge in [0.15, 0.2) is 9.84 Å². The summed E-state index contributed by atoms with van der Waals surface area (Å²) in [5.41, 5.74) is 0.960. The highest BCUT2D eigenvalue weighted by Gasteiger charge is 2.32. The number of hydrogen-bond donors (Lipinski definition) is 1. The molecule has 1 saturated heterocycles. The molecule has 1 fully saturated rings. The Kier molecular flexibility index (Phi) is 5.29. The molecular formula is C13H18ClNO4S2. The van der Waals surface area contributed by atoms with Crippen LogP contribution in [0.25, 0.3) is 0 Å². The predicted octanol–water partition coefficient (Wildman–Crippen LogP) is 1.32. The van der Waals surface area contributed by atoms with Gasteiger partial charge in [-0.2, -0.15) is 0 Å². The minimum atomic E-state index is -3.68. The van der Waals surface area contributed by atoms with E-state index in [1.807, 2.05) is 0 Å². The summed E-state index contributed by atoms with van der Waals surface area (Å²) >= 11 is 5.63. The van der Waals surface area contributed by atoms with Gasteiger partial charge in [0.25, 0.3) is 0 Å². The van der Waals surface area contributed by atoms with Crippen molar-refractivity contribution in [1.82, 2.24) is 4.72 Å². The average Bonchev–Trinajstić information content (AvgIpc) is 2.76. The Balaban J connectivity index is 2.04. The Morgan fingerprint density at radius 2 is 1.90 bits per heavy atom. The fourth-order valence-corrected chi connectivity index (χ4v) is 5.49. The van der Waals surface area contributed by atoms with Crippen LogP contribution in [0.1, 0.15) is 18.4 Å². The molecule has 21 heavy (non-hydrogen) atoms. The minimum absolute atomic E-state index is 0.0614. The molecule has 0 aliphatic carbocycles. The van der Waals surface area contributed by atoms with Crippen molar-refractivity contribution in [3.05, 3.63) is 29.8 Å². The van der Waals surface area contributed by atoms with Crippen LogP contribution in [0.2, 0.25) is 0 Å². The van der Waals surface area contributed by atoms with E-state index in [2.05, 4.69) is 4.72 Å². The van der Waals surface area contributed by atoms with E-state index in [1.54, 1.807) is 12.1 Å². The van der Waals surface area contributed by atoms with E-state index in [4.69, 9.17) is 11.6 Å². The summed E-state index contributed by atoms with van der Waals surface area (Å²) in [6, 6.07) is 6.44. The molecule has 5 nitrogen and oxygen atoms in total. The Morgan fingerprint density at radius 3 is 2.43 bits per heavy atom. The van der Waals surface area contributed by atoms with Crippen molar-refractivity contribution in [2.45, 2.75) is 29.4 Å². The Bertz CT molecular complexity index is 683. The highest BCUT2D eigenvalue weighted by Crippen LogP contribution is 2.20. The fraction of sp³-hybridized carbons (Fsp3) is 0.538. The Labute approximate surface area is 130 Å². The van der Waals surface area contributed by atoms with Gasteiger partial charge < -0.3 is 0 Å². The lowest BCUT2D eigenvalue weighted by molar-refractivity contribution is 0.571. The van der Waals surface area contributed by atoms with Gasteiger partial charge in [0.2, 0.25) is 10.0 Å². The maximum absolute atomic E-state index is 12.1. The molecule has 1 aromatic carbocycles. The van der Waals surface area contributed by atoms with E-state index in [0.29, 0.717) is 25.1 Å². The lowest BCUT2D eigenvalue weighted by Crippen LogP contribution is -2.34. The van der Waals surface area contributed by atoms with Gasteiger partial charge in [-0.15, -0.1) is 11.6 Å². The average molecular weight is 352 g/mol. The van der Waals surface area contributed by atoms with Gasteiger partial charge in [0.05, 0.1) is 15.9 Å². The zero-order valence-electron chi connectivity index (χ0n) is 11.5. The molecule has 0 saturated carbocycles. The zero-order chi connectivity index (χ0) is 15.5. The van der Waals surface area contributed by atoms with E-state index < -0.39 is 25.1 Å². The van der Waals surface area contributed by atoms with Gasteiger partial charge in [-0.25, -0.2) is 21.6 Å². The van der Waals surface area contributed by atoms with Crippen molar-refractivity contribution in [2.24, 2.45) is 0 Å². The van der Waals surface area contributed by atoms with E-state index in [1.165, 1.54) is 12.1 Å². The smallest absolute Gasteiger partial charge is 0.229 e. The van der Waals surface area contributed by atoms with Crippen LogP contribution in [-0.2, 0) is 26.3 Å². The second-order valence-corrected chi connectivity index (χ2v) is 9.61. The molecule has 1 unspecified atom stereocenters. The molecule has 8 heteroatoms. The normalized spacial score (nSPS) is 21.5. The first-order valence-electron chi connectivity index (χ1n) is 6.71. The monoisotopic (exact) mass is 351 g/mol. The van der Waals surface area contributed by atoms with Crippen LogP contribution in [0.15, 0.2) is 29.2 Å². The summed E-state index contributed by atoms with van der Waals surface area (Å²) in [4.78, 5) is 0.135. The molecule has 0 amide bonds. The molecule has 1 N–H and O–H groups in total. The fourth-order valence-electron chi connectivity index (χ4n) is 2.32. The molecule has 1 heterocycles. The molecule has 0 bridgehead atoms. The van der Waals surface area contributed by atoms with Crippen molar-refractivity contribution in [3.63, 3.8) is 0 Å². The van der Waals surface area contributed by atoms with Crippen molar-refractivity contribution in [2.75, 3.05) is 18.2 Å². The van der Waals surface area contributed by atoms with Crippen LogP contribution in [0.5, 0.6) is 0 Å². The Morgan fingerprint density at radius 1 is 1.24 bits per heavy atom. The van der Waals surface area contributed by atoms with Gasteiger partial charge >= 0.3 is 0 Å². The lowest BCUT2D eigenvalue weighted by atomic mass is 10.2. The quantitative estimate of drug-likeness (QED) is 0.784. The highest BCUT2D eigenvalue weighted by molar-refractivity contribution is 7.92. The van der Waals surface area contributed by atoms with E-state index in [-0.39, 0.29) is 17.2 Å². The first-order chi connectivity index (χ1) is 9.85. The van der Waals surface area contributed by atoms with E-state index >= 15 is 0 Å². The molecule has 2 rings (SSSR count). The molecule has 118 valence electrons. The summed E-state index contributed by atoms with van der Waals surface area (Å²) in [6.45, 7) is -0.0614. The summed E-state index contributed by atoms with van der Waals surface area (Å²) in [5, 5.41) is -0.609. The van der Waals surface area contributed by atoms with Crippen molar-refractivity contribution < 1.29 is 16.8 Å². The molecule has 1 aliphatic rings. The Hall–Kier alpha value is -0.630. The van der Waals surface area contributed by atoms with Crippen LogP contribution < -0.4 is 4.72 Å². The van der Waals surface area contributed by atoms with Crippen molar-refractivity contribution >= 4 is 31.5 Å². The summed E-state index contributed by atoms with van der Waals surface area (Å²) in [6.07, 6.45) is 1.79. The molecule has 1 atom stereocenters. The number of nitrogens with one attached hydrogen (secondary N) is 1. The number of benzene rings is 1. The molecule has 0 aromatic heterocycles. The van der Waals surface area contributed by atoms with Crippen LogP contribution in [0.3, 0.4) is 0 Å². The largest absolute Gasteiger partial charge is 0.240 e. The van der Waals surface area contributed by atoms with Crippen LogP contribution >= 0.6 is 11.6 Å². The lowest BCUT2D eigenvalue weighted by Gasteiger charge is -2.11. The standard InChI is InChI=1S/C13H18ClNO4S2/c14-8-7-11-3-5-12(6-4-11)21(18,19)15-10-13-2-1-9-20(13,16)17/h3-6,13,15H,1-2,7-10H2. The maximum Gasteiger partial charge on any atom is 0.240 e. The van der Waals surface area contributed by atoms with Crippen molar-refractivity contribution in [3.8, 4) is 0 Å². The van der Waals surface area contributed by atoms with Crippen LogP contribution in [-0.4, -0.2) is 40.3 Å². The maximum atomic E-state index is 12.1. The summed E-state index contributed by atoms with van der Waals surface area (Å²) in [7, 11) is -6.82. The van der Waals surface area contributed by atoms with Gasteiger partial charge in [0, 0.05) is 12.4 Å². The number of rotatable bonds is 6. The third-order valence-corrected chi connectivity index (χ3v) is 7.48. The number of aryl methyl sites for hydroxylation is 1. The van der Waals surface area contributed by atoms with Gasteiger partial charge in [0.1, 0.15) is 0 Å². The summed E-state index contributed by atoms with van der Waals surface area (Å²) in [5.74, 6) is 0.621. The highest BCUT2D eigenvalue weighted by atomic mass is 35.5. The van der Waals surface area contributed by atoms with Gasteiger partial charge in [-0.05, 0) is 37.0 Å². The number of alkyl halides is 1. The number of sulfonamides is 1. The number of hydrogen-bond acceptors (Lipinski definition) is 4. The second kappa shape index (κ2) is 6.64. The molecular weight excluding hydrogens is 334 g/mol. The molecule has 0 radical (unpaired) electrons. The van der Waals surface area contributed by atoms with E-state index in [9.17, 15) is 16.8 Å². The molecule has 1 aliphatic heterocycles. The third kappa shape index (κ3) is 4.18. The van der Waals surface area contributed by atoms with Crippen molar-refractivity contribution in [1.29, 1.82) is 0 Å². The first kappa shape index (κ1) is 16.7. The molecule has 0 spiro atoms. The SMILES string of the molecule is O=S(=O)(NCC1CCCS1(=O)=O)c1ccc(CCCl)cc1. The zero-order valence-corrected chi connectivity index (χ0v) is 13.8. The number of sulfone groups is 1. The van der Waals surface area contributed by atoms with Gasteiger partial charge in [-0.1, -0.05) is 12.1 Å². The van der Waals surface area contributed by atoms with Gasteiger partial charge in [-0.3, -0.25) is 0 Å². The number of halogens is 1. The second-order valence-electron chi connectivity index (χ2n) is 5.07. The summed E-state index contributed by atoms with van der Waals surface area (Å²) < 4.78 is 50.0. The van der Waals surface area contributed by atoms with Crippen LogP contribution in [0.4, 0.5) is 0 Å².